The van der Waals surface area contributed by atoms with Gasteiger partial charge in [-0.1, -0.05) is 54.6 Å². The van der Waals surface area contributed by atoms with Gasteiger partial charge in [0.25, 0.3) is 0 Å². The third-order valence-corrected chi connectivity index (χ3v) is 9.90. The molecule has 7 nitrogen and oxygen atoms in total. The molecule has 0 aliphatic carbocycles. The van der Waals surface area contributed by atoms with Crippen molar-refractivity contribution in [1.82, 2.24) is 19.1 Å². The number of benzene rings is 3. The quantitative estimate of drug-likeness (QED) is 0.224. The highest BCUT2D eigenvalue weighted by molar-refractivity contribution is 7.85. The topological polar surface area (TPSA) is 79.0 Å². The van der Waals surface area contributed by atoms with Gasteiger partial charge in [-0.15, -0.1) is 0 Å². The van der Waals surface area contributed by atoms with E-state index in [1.165, 1.54) is 0 Å². The number of oxazole rings is 2. The third kappa shape index (κ3) is 4.04. The van der Waals surface area contributed by atoms with Crippen molar-refractivity contribution in [2.45, 2.75) is 0 Å². The first kappa shape index (κ1) is 23.9. The molecule has 0 spiro atoms. The monoisotopic (exact) mass is 542 g/mol. The number of hydrogen-bond acceptors (Lipinski definition) is 5. The van der Waals surface area contributed by atoms with Crippen molar-refractivity contribution in [2.24, 2.45) is 0 Å². The molecular weight excluding hydrogens is 519 g/mol. The smallest absolute Gasteiger partial charge is 0.243 e. The Hall–Kier alpha value is -5.13. The summed E-state index contributed by atoms with van der Waals surface area (Å²) in [6.45, 7) is 0. The van der Waals surface area contributed by atoms with E-state index in [0.717, 1.165) is 38.7 Å². The lowest BCUT2D eigenvalue weighted by Crippen LogP contribution is -2.25. The van der Waals surface area contributed by atoms with Gasteiger partial charge in [-0.3, -0.25) is 0 Å². The second-order valence-corrected chi connectivity index (χ2v) is 12.0. The standard InChI is InChI=1S/C32H23N4O3P/c37-40(26-10-2-1-3-11-26,27-12-4-8-24(22-27)35-18-6-14-29(35)31-33-16-20-38-31)28-13-5-9-25(23-28)36-19-7-15-30(36)32-34-17-21-39-32/h1-23H. The van der Waals surface area contributed by atoms with Crippen LogP contribution >= 0.6 is 7.14 Å². The predicted octanol–water partition coefficient (Wildman–Crippen LogP) is 6.22. The fourth-order valence-corrected chi connectivity index (χ4v) is 7.73. The Bertz CT molecular complexity index is 1820. The fourth-order valence-electron chi connectivity index (χ4n) is 5.02. The van der Waals surface area contributed by atoms with Crippen LogP contribution in [0.2, 0.25) is 0 Å². The maximum atomic E-state index is 15.4. The maximum Gasteiger partial charge on any atom is 0.243 e. The lowest BCUT2D eigenvalue weighted by molar-refractivity contribution is 0.570. The minimum absolute atomic E-state index is 0.517. The molecular formula is C32H23N4O3P. The van der Waals surface area contributed by atoms with Crippen molar-refractivity contribution in [1.29, 1.82) is 0 Å². The van der Waals surface area contributed by atoms with Crippen molar-refractivity contribution < 1.29 is 13.4 Å². The van der Waals surface area contributed by atoms with E-state index in [4.69, 9.17) is 8.83 Å². The summed E-state index contributed by atoms with van der Waals surface area (Å²) < 4.78 is 30.5. The molecule has 0 atom stereocenters. The summed E-state index contributed by atoms with van der Waals surface area (Å²) in [6.07, 6.45) is 10.2. The lowest BCUT2D eigenvalue weighted by atomic mass is 10.3. The van der Waals surface area contributed by atoms with Gasteiger partial charge in [-0.05, 0) is 48.5 Å². The van der Waals surface area contributed by atoms with Gasteiger partial charge in [0.05, 0.1) is 12.4 Å². The molecule has 4 heterocycles. The maximum absolute atomic E-state index is 15.4. The van der Waals surface area contributed by atoms with E-state index in [2.05, 4.69) is 9.97 Å². The number of hydrogen-bond donors (Lipinski definition) is 0. The van der Waals surface area contributed by atoms with Crippen LogP contribution in [0.15, 0.2) is 149 Å². The first-order valence-electron chi connectivity index (χ1n) is 12.7. The Morgan fingerprint density at radius 3 is 1.52 bits per heavy atom. The Labute approximate surface area is 230 Å². The summed E-state index contributed by atoms with van der Waals surface area (Å²) in [6, 6.07) is 33.1. The SMILES string of the molecule is O=P(c1ccccc1)(c1cccc(-n2cccc2-c2ncco2)c1)c1cccc(-n2cccc2-c2ncco2)c1. The van der Waals surface area contributed by atoms with E-state index in [0.29, 0.717) is 11.8 Å². The molecule has 0 saturated heterocycles. The zero-order valence-corrected chi connectivity index (χ0v) is 22.1. The average molecular weight is 543 g/mol. The highest BCUT2D eigenvalue weighted by Crippen LogP contribution is 2.43. The van der Waals surface area contributed by atoms with Crippen LogP contribution in [0.5, 0.6) is 0 Å². The molecule has 194 valence electrons. The molecule has 0 amide bonds. The highest BCUT2D eigenvalue weighted by atomic mass is 31.2. The minimum atomic E-state index is -3.29. The van der Waals surface area contributed by atoms with Gasteiger partial charge in [0.2, 0.25) is 11.8 Å². The molecule has 0 bridgehead atoms. The number of aromatic nitrogens is 4. The summed E-state index contributed by atoms with van der Waals surface area (Å²) in [4.78, 5) is 8.63. The molecule has 0 N–H and O–H groups in total. The third-order valence-electron chi connectivity index (χ3n) is 6.86. The summed E-state index contributed by atoms with van der Waals surface area (Å²) in [7, 11) is -3.29. The van der Waals surface area contributed by atoms with E-state index in [9.17, 15) is 0 Å². The van der Waals surface area contributed by atoms with Crippen LogP contribution < -0.4 is 15.9 Å². The van der Waals surface area contributed by atoms with Gasteiger partial charge in [-0.2, -0.15) is 0 Å². The second-order valence-electron chi connectivity index (χ2n) is 9.19. The Morgan fingerprint density at radius 1 is 0.550 bits per heavy atom. The van der Waals surface area contributed by atoms with E-state index >= 15 is 4.57 Å². The van der Waals surface area contributed by atoms with Gasteiger partial charge in [-0.25, -0.2) is 9.97 Å². The van der Waals surface area contributed by atoms with Gasteiger partial charge in [0.1, 0.15) is 23.9 Å². The summed E-state index contributed by atoms with van der Waals surface area (Å²) in [5.74, 6) is 1.03. The summed E-state index contributed by atoms with van der Waals surface area (Å²) in [5.41, 5.74) is 3.34. The largest absolute Gasteiger partial charge is 0.443 e. The van der Waals surface area contributed by atoms with Crippen LogP contribution in [-0.4, -0.2) is 19.1 Å². The van der Waals surface area contributed by atoms with Crippen LogP contribution in [0.4, 0.5) is 0 Å². The molecule has 4 aromatic heterocycles. The Morgan fingerprint density at radius 2 is 1.05 bits per heavy atom. The fraction of sp³-hybridized carbons (Fsp3) is 0. The van der Waals surface area contributed by atoms with E-state index in [1.54, 1.807) is 24.9 Å². The van der Waals surface area contributed by atoms with Crippen LogP contribution in [0.3, 0.4) is 0 Å². The molecule has 0 radical (unpaired) electrons. The van der Waals surface area contributed by atoms with E-state index < -0.39 is 7.14 Å². The molecule has 0 aliphatic heterocycles. The molecule has 40 heavy (non-hydrogen) atoms. The van der Waals surface area contributed by atoms with Crippen molar-refractivity contribution in [2.75, 3.05) is 0 Å². The van der Waals surface area contributed by atoms with Crippen molar-refractivity contribution in [3.63, 3.8) is 0 Å². The van der Waals surface area contributed by atoms with E-state index in [-0.39, 0.29) is 0 Å². The van der Waals surface area contributed by atoms with Gasteiger partial charge in [0.15, 0.2) is 7.14 Å². The van der Waals surface area contributed by atoms with Gasteiger partial charge in [0, 0.05) is 39.7 Å². The molecule has 0 saturated carbocycles. The highest BCUT2D eigenvalue weighted by Gasteiger charge is 2.31. The van der Waals surface area contributed by atoms with Crippen LogP contribution in [0.1, 0.15) is 0 Å². The zero-order chi connectivity index (χ0) is 26.9. The Kier molecular flexibility index (Phi) is 5.91. The first-order chi connectivity index (χ1) is 19.7. The zero-order valence-electron chi connectivity index (χ0n) is 21.2. The summed E-state index contributed by atoms with van der Waals surface area (Å²) >= 11 is 0. The Balaban J connectivity index is 1.38. The number of rotatable bonds is 7. The molecule has 8 heteroatoms. The van der Waals surface area contributed by atoms with Gasteiger partial charge < -0.3 is 22.5 Å². The molecule has 0 fully saturated rings. The second kappa shape index (κ2) is 9.88. The molecule has 0 unspecified atom stereocenters. The number of nitrogens with zero attached hydrogens (tertiary/aromatic N) is 4. The normalized spacial score (nSPS) is 11.6. The van der Waals surface area contributed by atoms with Gasteiger partial charge >= 0.3 is 0 Å². The van der Waals surface area contributed by atoms with Crippen LogP contribution in [0, 0.1) is 0 Å². The van der Waals surface area contributed by atoms with Crippen LogP contribution in [0.25, 0.3) is 34.5 Å². The minimum Gasteiger partial charge on any atom is -0.443 e. The molecule has 7 rings (SSSR count). The molecule has 3 aromatic carbocycles. The summed E-state index contributed by atoms with van der Waals surface area (Å²) in [5, 5.41) is 2.20. The van der Waals surface area contributed by atoms with Crippen molar-refractivity contribution in [3.8, 4) is 34.5 Å². The molecule has 0 aliphatic rings. The van der Waals surface area contributed by atoms with Crippen LogP contribution in [-0.2, 0) is 4.57 Å². The van der Waals surface area contributed by atoms with Crippen molar-refractivity contribution in [3.05, 3.63) is 140 Å². The average Bonchev–Trinajstić information content (AvgIpc) is 3.83. The van der Waals surface area contributed by atoms with Crippen molar-refractivity contribution >= 4 is 23.1 Å². The van der Waals surface area contributed by atoms with E-state index in [1.807, 2.05) is 125 Å². The molecule has 7 aromatic rings. The lowest BCUT2D eigenvalue weighted by Gasteiger charge is -2.22. The predicted molar refractivity (Wildman–Crippen MR) is 155 cm³/mol. The first-order valence-corrected chi connectivity index (χ1v) is 14.4.